The number of hydrogen-bond donors (Lipinski definition) is 1. The van der Waals surface area contributed by atoms with Crippen LogP contribution in [0.5, 0.6) is 5.75 Å². The molecule has 0 aliphatic carbocycles. The zero-order valence-corrected chi connectivity index (χ0v) is 18.1. The van der Waals surface area contributed by atoms with Crippen LogP contribution in [0.25, 0.3) is 0 Å². The van der Waals surface area contributed by atoms with E-state index in [2.05, 4.69) is 22.1 Å². The van der Waals surface area contributed by atoms with Gasteiger partial charge in [0.1, 0.15) is 5.75 Å². The van der Waals surface area contributed by atoms with Crippen LogP contribution >= 0.6 is 23.1 Å². The fourth-order valence-corrected chi connectivity index (χ4v) is 5.52. The van der Waals surface area contributed by atoms with Crippen LogP contribution in [0.1, 0.15) is 10.4 Å². The Morgan fingerprint density at radius 2 is 2.17 bits per heavy atom. The third-order valence-corrected chi connectivity index (χ3v) is 7.84. The van der Waals surface area contributed by atoms with Crippen molar-refractivity contribution in [3.63, 3.8) is 0 Å². The van der Waals surface area contributed by atoms with Crippen molar-refractivity contribution in [2.75, 3.05) is 44.5 Å². The average molecular weight is 457 g/mol. The first kappa shape index (κ1) is 21.7. The molecule has 1 amide bonds. The molecule has 2 aromatic rings. The summed E-state index contributed by atoms with van der Waals surface area (Å²) in [5.41, 5.74) is 0.0947. The first-order valence-electron chi connectivity index (χ1n) is 8.60. The van der Waals surface area contributed by atoms with Gasteiger partial charge in [-0.25, -0.2) is 8.42 Å². The summed E-state index contributed by atoms with van der Waals surface area (Å²) in [5.74, 6) is 0.407. The Morgan fingerprint density at radius 1 is 1.41 bits per heavy atom. The zero-order valence-electron chi connectivity index (χ0n) is 15.7. The Hall–Kier alpha value is -1.99. The van der Waals surface area contributed by atoms with Crippen LogP contribution in [-0.4, -0.2) is 68.0 Å². The molecular weight excluding hydrogens is 436 g/mol. The minimum Gasteiger partial charge on any atom is -0.496 e. The lowest BCUT2D eigenvalue weighted by Gasteiger charge is -2.26. The Bertz CT molecular complexity index is 987. The lowest BCUT2D eigenvalue weighted by atomic mass is 10.2. The summed E-state index contributed by atoms with van der Waals surface area (Å²) < 4.78 is 38.3. The second kappa shape index (κ2) is 9.67. The fraction of sp³-hybridized carbons (Fsp3) is 0.353. The van der Waals surface area contributed by atoms with Crippen molar-refractivity contribution in [3.8, 4) is 5.75 Å². The Labute approximate surface area is 177 Å². The molecule has 9 nitrogen and oxygen atoms in total. The number of nitrogens with one attached hydrogen (secondary N) is 1. The molecule has 1 fully saturated rings. The zero-order chi connectivity index (χ0) is 20.9. The summed E-state index contributed by atoms with van der Waals surface area (Å²) in [7, 11) is -2.33. The number of methoxy groups -OCH3 is 1. The van der Waals surface area contributed by atoms with E-state index >= 15 is 0 Å². The Kier molecular flexibility index (Phi) is 7.24. The van der Waals surface area contributed by atoms with Gasteiger partial charge in [-0.1, -0.05) is 29.2 Å². The second-order valence-corrected chi connectivity index (χ2v) is 9.99. The number of amides is 1. The quantitative estimate of drug-likeness (QED) is 0.365. The predicted molar refractivity (Wildman–Crippen MR) is 111 cm³/mol. The van der Waals surface area contributed by atoms with Gasteiger partial charge in [0.05, 0.1) is 30.8 Å². The van der Waals surface area contributed by atoms with Gasteiger partial charge in [0, 0.05) is 18.8 Å². The molecule has 0 atom stereocenters. The lowest BCUT2D eigenvalue weighted by molar-refractivity contribution is 0.0730. The normalized spacial score (nSPS) is 15.1. The van der Waals surface area contributed by atoms with Crippen LogP contribution in [-0.2, 0) is 14.8 Å². The van der Waals surface area contributed by atoms with Gasteiger partial charge in [-0.05, 0) is 18.2 Å². The highest BCUT2D eigenvalue weighted by atomic mass is 32.2. The molecule has 1 aliphatic heterocycles. The van der Waals surface area contributed by atoms with Crippen molar-refractivity contribution in [1.82, 2.24) is 14.5 Å². The van der Waals surface area contributed by atoms with Gasteiger partial charge in [-0.15, -0.1) is 16.8 Å². The van der Waals surface area contributed by atoms with E-state index in [1.165, 1.54) is 52.7 Å². The van der Waals surface area contributed by atoms with Crippen LogP contribution in [0.3, 0.4) is 0 Å². The van der Waals surface area contributed by atoms with E-state index in [4.69, 9.17) is 9.47 Å². The number of aromatic nitrogens is 2. The van der Waals surface area contributed by atoms with Gasteiger partial charge in [0.2, 0.25) is 15.2 Å². The standard InChI is InChI=1S/C17H20N4O5S3/c1-3-10-27-17-20-19-16(28-17)18-15(22)13-11-12(4-5-14(13)25-2)29(23,24)21-6-8-26-9-7-21/h3-5,11H,1,6-10H2,2H3,(H,18,19,22). The van der Waals surface area contributed by atoms with Crippen LogP contribution in [0.15, 0.2) is 40.1 Å². The molecule has 0 radical (unpaired) electrons. The van der Waals surface area contributed by atoms with Crippen molar-refractivity contribution >= 4 is 44.2 Å². The van der Waals surface area contributed by atoms with E-state index in [0.717, 1.165) is 0 Å². The van der Waals surface area contributed by atoms with Gasteiger partial charge in [-0.3, -0.25) is 10.1 Å². The number of benzene rings is 1. The summed E-state index contributed by atoms with van der Waals surface area (Å²) in [6.45, 7) is 4.86. The average Bonchev–Trinajstić information content (AvgIpc) is 3.19. The molecule has 156 valence electrons. The molecule has 0 unspecified atom stereocenters. The molecule has 0 saturated carbocycles. The first-order chi connectivity index (χ1) is 14.0. The van der Waals surface area contributed by atoms with Crippen molar-refractivity contribution in [3.05, 3.63) is 36.4 Å². The summed E-state index contributed by atoms with van der Waals surface area (Å²) in [5, 5.41) is 10.9. The highest BCUT2D eigenvalue weighted by Gasteiger charge is 2.28. The van der Waals surface area contributed by atoms with E-state index < -0.39 is 15.9 Å². The van der Waals surface area contributed by atoms with Crippen LogP contribution in [0.2, 0.25) is 0 Å². The monoisotopic (exact) mass is 456 g/mol. The number of hydrogen-bond acceptors (Lipinski definition) is 9. The SMILES string of the molecule is C=CCSc1nnc(NC(=O)c2cc(S(=O)(=O)N3CCOCC3)ccc2OC)s1. The lowest BCUT2D eigenvalue weighted by Crippen LogP contribution is -2.40. The van der Waals surface area contributed by atoms with Crippen molar-refractivity contribution in [2.45, 2.75) is 9.24 Å². The molecule has 1 aromatic heterocycles. The molecule has 0 spiro atoms. The summed E-state index contributed by atoms with van der Waals surface area (Å²) in [6, 6.07) is 4.20. The van der Waals surface area contributed by atoms with E-state index in [9.17, 15) is 13.2 Å². The summed E-state index contributed by atoms with van der Waals surface area (Å²) in [4.78, 5) is 12.8. The number of carbonyl (C=O) groups excluding carboxylic acids is 1. The molecule has 1 aliphatic rings. The van der Waals surface area contributed by atoms with Gasteiger partial charge < -0.3 is 9.47 Å². The molecule has 1 aromatic carbocycles. The Morgan fingerprint density at radius 3 is 2.86 bits per heavy atom. The van der Waals surface area contributed by atoms with Crippen molar-refractivity contribution in [1.29, 1.82) is 0 Å². The van der Waals surface area contributed by atoms with Crippen molar-refractivity contribution in [2.24, 2.45) is 0 Å². The van der Waals surface area contributed by atoms with Gasteiger partial charge in [-0.2, -0.15) is 4.31 Å². The molecular formula is C17H20N4O5S3. The number of anilines is 1. The minimum atomic E-state index is -3.74. The number of ether oxygens (including phenoxy) is 2. The molecule has 29 heavy (non-hydrogen) atoms. The number of thioether (sulfide) groups is 1. The maximum absolute atomic E-state index is 12.9. The second-order valence-electron chi connectivity index (χ2n) is 5.81. The van der Waals surface area contributed by atoms with E-state index in [1.54, 1.807) is 6.08 Å². The highest BCUT2D eigenvalue weighted by molar-refractivity contribution is 8.01. The van der Waals surface area contributed by atoms with E-state index in [-0.39, 0.29) is 29.3 Å². The smallest absolute Gasteiger partial charge is 0.261 e. The molecule has 3 rings (SSSR count). The molecule has 2 heterocycles. The van der Waals surface area contributed by atoms with E-state index in [1.807, 2.05) is 0 Å². The highest BCUT2D eigenvalue weighted by Crippen LogP contribution is 2.28. The fourth-order valence-electron chi connectivity index (χ4n) is 2.57. The first-order valence-corrected chi connectivity index (χ1v) is 11.8. The third-order valence-electron chi connectivity index (χ3n) is 3.97. The topological polar surface area (TPSA) is 111 Å². The molecule has 12 heteroatoms. The predicted octanol–water partition coefficient (Wildman–Crippen LogP) is 2.10. The third kappa shape index (κ3) is 5.14. The van der Waals surface area contributed by atoms with Gasteiger partial charge in [0.15, 0.2) is 4.34 Å². The Balaban J connectivity index is 1.83. The molecule has 1 N–H and O–H groups in total. The number of carbonyl (C=O) groups is 1. The maximum Gasteiger partial charge on any atom is 0.261 e. The van der Waals surface area contributed by atoms with Crippen LogP contribution in [0, 0.1) is 0 Å². The van der Waals surface area contributed by atoms with Crippen LogP contribution < -0.4 is 10.1 Å². The van der Waals surface area contributed by atoms with Gasteiger partial charge >= 0.3 is 0 Å². The summed E-state index contributed by atoms with van der Waals surface area (Å²) >= 11 is 2.67. The maximum atomic E-state index is 12.9. The van der Waals surface area contributed by atoms with Crippen molar-refractivity contribution < 1.29 is 22.7 Å². The van der Waals surface area contributed by atoms with Gasteiger partial charge in [0.25, 0.3) is 5.91 Å². The molecule has 0 bridgehead atoms. The number of sulfonamides is 1. The largest absolute Gasteiger partial charge is 0.496 e. The number of nitrogens with zero attached hydrogens (tertiary/aromatic N) is 3. The van der Waals surface area contributed by atoms with Crippen LogP contribution in [0.4, 0.5) is 5.13 Å². The number of rotatable bonds is 8. The number of morpholine rings is 1. The van der Waals surface area contributed by atoms with E-state index in [0.29, 0.717) is 28.4 Å². The minimum absolute atomic E-state index is 0.0184. The summed E-state index contributed by atoms with van der Waals surface area (Å²) in [6.07, 6.45) is 1.75. The molecule has 1 saturated heterocycles.